The Hall–Kier alpha value is -0.0800. The van der Waals surface area contributed by atoms with Crippen molar-refractivity contribution in [2.45, 2.75) is 38.1 Å². The summed E-state index contributed by atoms with van der Waals surface area (Å²) in [5.74, 6) is 0. The Balaban J connectivity index is 1.93. The Morgan fingerprint density at radius 2 is 2.00 bits per heavy atom. The maximum absolute atomic E-state index is 5.49. The summed E-state index contributed by atoms with van der Waals surface area (Å²) in [5.41, 5.74) is 0. The van der Waals surface area contributed by atoms with E-state index in [-0.39, 0.29) is 0 Å². The van der Waals surface area contributed by atoms with Crippen molar-refractivity contribution in [2.24, 2.45) is 0 Å². The highest BCUT2D eigenvalue weighted by atomic mass is 16.5. The Kier molecular flexibility index (Phi) is 2.44. The van der Waals surface area contributed by atoms with Crippen LogP contribution in [0.2, 0.25) is 0 Å². The number of piperidine rings is 1. The van der Waals surface area contributed by atoms with E-state index in [9.17, 15) is 0 Å². The highest BCUT2D eigenvalue weighted by Gasteiger charge is 2.23. The summed E-state index contributed by atoms with van der Waals surface area (Å²) in [6.45, 7) is 3.14. The lowest BCUT2D eigenvalue weighted by Gasteiger charge is -2.33. The zero-order valence-electron chi connectivity index (χ0n) is 7.09. The van der Waals surface area contributed by atoms with E-state index in [0.29, 0.717) is 0 Å². The lowest BCUT2D eigenvalue weighted by molar-refractivity contribution is 0.0156. The van der Waals surface area contributed by atoms with E-state index in [1.807, 2.05) is 0 Å². The topological polar surface area (TPSA) is 12.5 Å². The second-order valence-electron chi connectivity index (χ2n) is 3.64. The SMILES string of the molecule is C1CCN2COCCCC2C1. The van der Waals surface area contributed by atoms with E-state index < -0.39 is 0 Å². The van der Waals surface area contributed by atoms with Gasteiger partial charge in [0.05, 0.1) is 6.73 Å². The van der Waals surface area contributed by atoms with Gasteiger partial charge >= 0.3 is 0 Å². The summed E-state index contributed by atoms with van der Waals surface area (Å²) in [4.78, 5) is 2.51. The van der Waals surface area contributed by atoms with Gasteiger partial charge in [-0.3, -0.25) is 4.90 Å². The molecule has 11 heavy (non-hydrogen) atoms. The fourth-order valence-corrected chi connectivity index (χ4v) is 2.16. The lowest BCUT2D eigenvalue weighted by Crippen LogP contribution is -2.39. The van der Waals surface area contributed by atoms with Gasteiger partial charge in [-0.1, -0.05) is 6.42 Å². The third-order valence-corrected chi connectivity index (χ3v) is 2.83. The van der Waals surface area contributed by atoms with E-state index in [1.54, 1.807) is 0 Å². The second kappa shape index (κ2) is 3.55. The number of nitrogens with zero attached hydrogens (tertiary/aromatic N) is 1. The van der Waals surface area contributed by atoms with Gasteiger partial charge in [0, 0.05) is 19.2 Å². The Morgan fingerprint density at radius 3 is 3.00 bits per heavy atom. The monoisotopic (exact) mass is 155 g/mol. The minimum atomic E-state index is 0.853. The largest absolute Gasteiger partial charge is 0.366 e. The fraction of sp³-hybridized carbons (Fsp3) is 1.00. The molecule has 0 amide bonds. The molecule has 0 spiro atoms. The molecule has 0 aromatic carbocycles. The van der Waals surface area contributed by atoms with Crippen LogP contribution in [0.15, 0.2) is 0 Å². The fourth-order valence-electron chi connectivity index (χ4n) is 2.16. The summed E-state index contributed by atoms with van der Waals surface area (Å²) in [6, 6.07) is 0.853. The van der Waals surface area contributed by atoms with Crippen molar-refractivity contribution in [1.82, 2.24) is 4.90 Å². The molecule has 2 nitrogen and oxygen atoms in total. The first-order chi connectivity index (χ1) is 5.47. The average Bonchev–Trinajstić information content (AvgIpc) is 2.28. The molecule has 2 heterocycles. The summed E-state index contributed by atoms with van der Waals surface area (Å²) in [7, 11) is 0. The molecule has 2 aliphatic heterocycles. The molecule has 2 fully saturated rings. The van der Waals surface area contributed by atoms with Gasteiger partial charge in [0.1, 0.15) is 0 Å². The van der Waals surface area contributed by atoms with Crippen LogP contribution in [0, 0.1) is 0 Å². The Labute approximate surface area is 68.5 Å². The molecule has 0 radical (unpaired) electrons. The van der Waals surface area contributed by atoms with Crippen LogP contribution in [0.1, 0.15) is 32.1 Å². The van der Waals surface area contributed by atoms with Crippen LogP contribution in [-0.2, 0) is 4.74 Å². The molecule has 64 valence electrons. The molecular weight excluding hydrogens is 138 g/mol. The quantitative estimate of drug-likeness (QED) is 0.527. The van der Waals surface area contributed by atoms with Crippen LogP contribution in [0.5, 0.6) is 0 Å². The number of hydrogen-bond acceptors (Lipinski definition) is 2. The molecule has 0 N–H and O–H groups in total. The molecule has 1 unspecified atom stereocenters. The van der Waals surface area contributed by atoms with Gasteiger partial charge in [-0.25, -0.2) is 0 Å². The van der Waals surface area contributed by atoms with Crippen molar-refractivity contribution in [2.75, 3.05) is 19.9 Å². The van der Waals surface area contributed by atoms with Crippen LogP contribution >= 0.6 is 0 Å². The van der Waals surface area contributed by atoms with Gasteiger partial charge in [0.2, 0.25) is 0 Å². The molecule has 2 aliphatic rings. The number of ether oxygens (including phenoxy) is 1. The van der Waals surface area contributed by atoms with Crippen molar-refractivity contribution in [1.29, 1.82) is 0 Å². The van der Waals surface area contributed by atoms with Crippen molar-refractivity contribution in [3.05, 3.63) is 0 Å². The first-order valence-electron chi connectivity index (χ1n) is 4.78. The minimum absolute atomic E-state index is 0.853. The number of fused-ring (bicyclic) bond motifs is 1. The molecule has 1 atom stereocenters. The highest BCUT2D eigenvalue weighted by Crippen LogP contribution is 2.22. The zero-order chi connectivity index (χ0) is 7.52. The first-order valence-corrected chi connectivity index (χ1v) is 4.78. The molecule has 2 saturated heterocycles. The summed E-state index contributed by atoms with van der Waals surface area (Å²) in [6.07, 6.45) is 6.84. The van der Waals surface area contributed by atoms with Crippen molar-refractivity contribution in [3.63, 3.8) is 0 Å². The maximum atomic E-state index is 5.49. The van der Waals surface area contributed by atoms with E-state index in [4.69, 9.17) is 4.74 Å². The van der Waals surface area contributed by atoms with Gasteiger partial charge in [-0.15, -0.1) is 0 Å². The van der Waals surface area contributed by atoms with Gasteiger partial charge in [-0.2, -0.15) is 0 Å². The summed E-state index contributed by atoms with van der Waals surface area (Å²) in [5, 5.41) is 0. The predicted octanol–water partition coefficient (Wildman–Crippen LogP) is 1.61. The average molecular weight is 155 g/mol. The van der Waals surface area contributed by atoms with Crippen molar-refractivity contribution >= 4 is 0 Å². The smallest absolute Gasteiger partial charge is 0.0992 e. The zero-order valence-corrected chi connectivity index (χ0v) is 7.09. The van der Waals surface area contributed by atoms with E-state index in [0.717, 1.165) is 19.4 Å². The van der Waals surface area contributed by atoms with E-state index in [2.05, 4.69) is 4.90 Å². The Morgan fingerprint density at radius 1 is 1.09 bits per heavy atom. The van der Waals surface area contributed by atoms with Gasteiger partial charge in [-0.05, 0) is 25.7 Å². The molecular formula is C9H17NO. The third-order valence-electron chi connectivity index (χ3n) is 2.83. The molecule has 0 aromatic heterocycles. The number of rotatable bonds is 0. The van der Waals surface area contributed by atoms with Gasteiger partial charge in [0.25, 0.3) is 0 Å². The molecule has 0 bridgehead atoms. The van der Waals surface area contributed by atoms with Crippen LogP contribution < -0.4 is 0 Å². The molecule has 0 aliphatic carbocycles. The predicted molar refractivity (Wildman–Crippen MR) is 44.4 cm³/mol. The highest BCUT2D eigenvalue weighted by molar-refractivity contribution is 4.76. The van der Waals surface area contributed by atoms with Crippen LogP contribution in [-0.4, -0.2) is 30.8 Å². The standard InChI is InChI=1S/C9H17NO/c1-2-6-10-8-11-7-3-5-9(10)4-1/h9H,1-8H2. The summed E-state index contributed by atoms with van der Waals surface area (Å²) < 4.78 is 5.49. The van der Waals surface area contributed by atoms with Gasteiger partial charge < -0.3 is 4.74 Å². The Bertz CT molecular complexity index is 113. The second-order valence-corrected chi connectivity index (χ2v) is 3.64. The molecule has 0 saturated carbocycles. The molecule has 2 rings (SSSR count). The molecule has 0 aromatic rings. The van der Waals surface area contributed by atoms with Crippen molar-refractivity contribution in [3.8, 4) is 0 Å². The van der Waals surface area contributed by atoms with Crippen LogP contribution in [0.4, 0.5) is 0 Å². The first kappa shape index (κ1) is 7.56. The third kappa shape index (κ3) is 1.74. The van der Waals surface area contributed by atoms with E-state index in [1.165, 1.54) is 38.6 Å². The maximum Gasteiger partial charge on any atom is 0.0992 e. The van der Waals surface area contributed by atoms with E-state index >= 15 is 0 Å². The molecule has 2 heteroatoms. The minimum Gasteiger partial charge on any atom is -0.366 e. The summed E-state index contributed by atoms with van der Waals surface area (Å²) >= 11 is 0. The lowest BCUT2D eigenvalue weighted by atomic mass is 9.99. The normalized spacial score (nSPS) is 34.4. The van der Waals surface area contributed by atoms with Crippen LogP contribution in [0.25, 0.3) is 0 Å². The van der Waals surface area contributed by atoms with Crippen molar-refractivity contribution < 1.29 is 4.74 Å². The number of hydrogen-bond donors (Lipinski definition) is 0. The van der Waals surface area contributed by atoms with Crippen LogP contribution in [0.3, 0.4) is 0 Å². The van der Waals surface area contributed by atoms with Gasteiger partial charge in [0.15, 0.2) is 0 Å².